The summed E-state index contributed by atoms with van der Waals surface area (Å²) in [6.07, 6.45) is 0.386. The summed E-state index contributed by atoms with van der Waals surface area (Å²) in [5.74, 6) is -5.81. The molecule has 0 radical (unpaired) electrons. The summed E-state index contributed by atoms with van der Waals surface area (Å²) in [6.45, 7) is 0. The van der Waals surface area contributed by atoms with Crippen molar-refractivity contribution in [2.45, 2.75) is 56.3 Å². The lowest BCUT2D eigenvalue weighted by molar-refractivity contribution is -0.143. The van der Waals surface area contributed by atoms with Crippen LogP contribution in [0.2, 0.25) is 0 Å². The van der Waals surface area contributed by atoms with Crippen LogP contribution in [-0.2, 0) is 35.2 Å². The number of hydrogen-bond acceptors (Lipinski definition) is 9. The highest BCUT2D eigenvalue weighted by molar-refractivity contribution is 7.98. The molecule has 0 heterocycles. The third-order valence-corrected chi connectivity index (χ3v) is 5.92. The molecule has 0 saturated carbocycles. The molecule has 0 aliphatic rings. The summed E-state index contributed by atoms with van der Waals surface area (Å²) < 4.78 is 0. The number of carboxylic acids is 2. The number of carbonyl (C=O) groups excluding carboxylic acids is 4. The predicted octanol–water partition coefficient (Wildman–Crippen LogP) is -1.71. The summed E-state index contributed by atoms with van der Waals surface area (Å²) in [5, 5.41) is 34.4. The molecule has 1 aromatic carbocycles. The Bertz CT molecular complexity index is 1010. The molecule has 0 saturated heterocycles. The second-order valence-corrected chi connectivity index (χ2v) is 9.37. The van der Waals surface area contributed by atoms with E-state index in [1.807, 2.05) is 0 Å². The fraction of sp³-hybridized carbons (Fsp3) is 0.478. The number of nitrogens with two attached hydrogens (primary N) is 2. The van der Waals surface area contributed by atoms with Crippen LogP contribution >= 0.6 is 11.8 Å². The van der Waals surface area contributed by atoms with Gasteiger partial charge in [0.1, 0.15) is 23.9 Å². The Morgan fingerprint density at radius 2 is 1.42 bits per heavy atom. The topological polar surface area (TPSA) is 251 Å². The average molecular weight is 556 g/mol. The minimum Gasteiger partial charge on any atom is -0.508 e. The summed E-state index contributed by atoms with van der Waals surface area (Å²) >= 11 is 1.39. The Hall–Kier alpha value is -3.85. The number of aromatic hydroxyl groups is 1. The summed E-state index contributed by atoms with van der Waals surface area (Å²) in [5.41, 5.74) is 11.8. The third-order valence-electron chi connectivity index (χ3n) is 5.27. The average Bonchev–Trinajstić information content (AvgIpc) is 2.84. The van der Waals surface area contributed by atoms with Crippen molar-refractivity contribution in [3.05, 3.63) is 29.8 Å². The van der Waals surface area contributed by atoms with Gasteiger partial charge < -0.3 is 42.7 Å². The van der Waals surface area contributed by atoms with Gasteiger partial charge in [0.05, 0.1) is 12.5 Å². The molecule has 0 fully saturated rings. The monoisotopic (exact) mass is 555 g/mol. The van der Waals surface area contributed by atoms with E-state index >= 15 is 0 Å². The standard InChI is InChI=1S/C23H33N5O9S/c1-38-9-8-15(26-20(33)14(24)10-12-2-4-13(29)5-3-12)21(34)28-17(11-18(25)30)22(35)27-16(23(36)37)6-7-19(31)32/h2-5,14-17,29H,6-11,24H2,1H3,(H2,25,30)(H,26,33)(H,27,35)(H,28,34)(H,31,32)(H,36,37). The largest absolute Gasteiger partial charge is 0.508 e. The number of phenols is 1. The molecule has 4 atom stereocenters. The van der Waals surface area contributed by atoms with Crippen molar-refractivity contribution in [2.75, 3.05) is 12.0 Å². The Morgan fingerprint density at radius 3 is 1.95 bits per heavy atom. The van der Waals surface area contributed by atoms with Crippen molar-refractivity contribution < 1.29 is 44.1 Å². The SMILES string of the molecule is CSCCC(NC(=O)C(N)Cc1ccc(O)cc1)C(=O)NC(CC(N)=O)C(=O)NC(CCC(=O)O)C(=O)O. The maximum Gasteiger partial charge on any atom is 0.326 e. The normalized spacial score (nSPS) is 13.8. The first-order valence-corrected chi connectivity index (χ1v) is 12.9. The molecule has 210 valence electrons. The zero-order chi connectivity index (χ0) is 28.8. The summed E-state index contributed by atoms with van der Waals surface area (Å²) in [7, 11) is 0. The Labute approximate surface area is 222 Å². The van der Waals surface area contributed by atoms with Crippen molar-refractivity contribution in [1.29, 1.82) is 0 Å². The second kappa shape index (κ2) is 16.1. The molecule has 0 aromatic heterocycles. The molecule has 14 nitrogen and oxygen atoms in total. The molecule has 38 heavy (non-hydrogen) atoms. The molecule has 15 heteroatoms. The lowest BCUT2D eigenvalue weighted by Gasteiger charge is -2.24. The van der Waals surface area contributed by atoms with E-state index in [0.717, 1.165) is 0 Å². The van der Waals surface area contributed by atoms with Gasteiger partial charge in [0.15, 0.2) is 0 Å². The van der Waals surface area contributed by atoms with E-state index in [0.29, 0.717) is 11.3 Å². The van der Waals surface area contributed by atoms with E-state index in [-0.39, 0.29) is 18.6 Å². The number of rotatable bonds is 17. The van der Waals surface area contributed by atoms with Crippen LogP contribution in [0.5, 0.6) is 5.75 Å². The van der Waals surface area contributed by atoms with Crippen molar-refractivity contribution >= 4 is 47.3 Å². The fourth-order valence-corrected chi connectivity index (χ4v) is 3.71. The van der Waals surface area contributed by atoms with Gasteiger partial charge in [-0.15, -0.1) is 0 Å². The number of phenolic OH excluding ortho intramolecular Hbond substituents is 1. The van der Waals surface area contributed by atoms with E-state index in [1.54, 1.807) is 18.4 Å². The number of thioether (sulfide) groups is 1. The number of aliphatic carboxylic acids is 2. The van der Waals surface area contributed by atoms with E-state index in [2.05, 4.69) is 16.0 Å². The molecule has 0 aliphatic heterocycles. The van der Waals surface area contributed by atoms with Crippen LogP contribution in [0.1, 0.15) is 31.2 Å². The molecule has 0 bridgehead atoms. The summed E-state index contributed by atoms with van der Waals surface area (Å²) in [6, 6.07) is 0.708. The second-order valence-electron chi connectivity index (χ2n) is 8.38. The molecule has 4 amide bonds. The Morgan fingerprint density at radius 1 is 0.868 bits per heavy atom. The summed E-state index contributed by atoms with van der Waals surface area (Å²) in [4.78, 5) is 72.1. The quantitative estimate of drug-likeness (QED) is 0.107. The fourth-order valence-electron chi connectivity index (χ4n) is 3.24. The first kappa shape index (κ1) is 32.2. The van der Waals surface area contributed by atoms with Gasteiger partial charge in [-0.2, -0.15) is 11.8 Å². The van der Waals surface area contributed by atoms with Gasteiger partial charge in [-0.3, -0.25) is 24.0 Å². The van der Waals surface area contributed by atoms with Crippen LogP contribution < -0.4 is 27.4 Å². The zero-order valence-corrected chi connectivity index (χ0v) is 21.5. The number of amides is 4. The third kappa shape index (κ3) is 11.9. The van der Waals surface area contributed by atoms with E-state index in [9.17, 15) is 39.0 Å². The van der Waals surface area contributed by atoms with E-state index in [4.69, 9.17) is 16.6 Å². The van der Waals surface area contributed by atoms with Crippen molar-refractivity contribution in [2.24, 2.45) is 11.5 Å². The van der Waals surface area contributed by atoms with E-state index in [1.165, 1.54) is 23.9 Å². The number of carbonyl (C=O) groups is 6. The van der Waals surface area contributed by atoms with Gasteiger partial charge >= 0.3 is 11.9 Å². The van der Waals surface area contributed by atoms with Gasteiger partial charge in [0, 0.05) is 6.42 Å². The van der Waals surface area contributed by atoms with Crippen LogP contribution in [0, 0.1) is 0 Å². The molecule has 4 unspecified atom stereocenters. The van der Waals surface area contributed by atoms with Crippen LogP contribution in [0.25, 0.3) is 0 Å². The molecular weight excluding hydrogens is 522 g/mol. The molecule has 1 rings (SSSR count). The maximum atomic E-state index is 13.0. The van der Waals surface area contributed by atoms with E-state index < -0.39 is 79.0 Å². The highest BCUT2D eigenvalue weighted by Crippen LogP contribution is 2.11. The van der Waals surface area contributed by atoms with Gasteiger partial charge in [-0.25, -0.2) is 4.79 Å². The first-order valence-electron chi connectivity index (χ1n) is 11.5. The lowest BCUT2D eigenvalue weighted by Crippen LogP contribution is -2.58. The number of hydrogen-bond donors (Lipinski definition) is 8. The molecule has 10 N–H and O–H groups in total. The number of benzene rings is 1. The molecule has 1 aromatic rings. The van der Waals surface area contributed by atoms with Crippen molar-refractivity contribution in [3.8, 4) is 5.75 Å². The zero-order valence-electron chi connectivity index (χ0n) is 20.7. The highest BCUT2D eigenvalue weighted by Gasteiger charge is 2.31. The van der Waals surface area contributed by atoms with Gasteiger partial charge in [-0.1, -0.05) is 12.1 Å². The minimum absolute atomic E-state index is 0.0479. The lowest BCUT2D eigenvalue weighted by atomic mass is 10.0. The Kier molecular flexibility index (Phi) is 13.6. The minimum atomic E-state index is -1.59. The van der Waals surface area contributed by atoms with Gasteiger partial charge in [-0.05, 0) is 49.0 Å². The molecule has 0 aliphatic carbocycles. The first-order chi connectivity index (χ1) is 17.8. The van der Waals surface area contributed by atoms with Crippen LogP contribution in [0.3, 0.4) is 0 Å². The number of primary amides is 1. The smallest absolute Gasteiger partial charge is 0.326 e. The predicted molar refractivity (Wildman–Crippen MR) is 137 cm³/mol. The number of nitrogens with one attached hydrogen (secondary N) is 3. The van der Waals surface area contributed by atoms with Gasteiger partial charge in [0.25, 0.3) is 0 Å². The maximum absolute atomic E-state index is 13.0. The van der Waals surface area contributed by atoms with Crippen molar-refractivity contribution in [3.63, 3.8) is 0 Å². The number of carboxylic acid groups (broad SMARTS) is 2. The van der Waals surface area contributed by atoms with Crippen molar-refractivity contribution in [1.82, 2.24) is 16.0 Å². The molecule has 0 spiro atoms. The van der Waals surface area contributed by atoms with Crippen LogP contribution in [-0.4, -0.2) is 87.1 Å². The molecular formula is C23H33N5O9S. The highest BCUT2D eigenvalue weighted by atomic mass is 32.2. The van der Waals surface area contributed by atoms with Crippen LogP contribution in [0.4, 0.5) is 0 Å². The van der Waals surface area contributed by atoms with Crippen LogP contribution in [0.15, 0.2) is 24.3 Å². The van der Waals surface area contributed by atoms with Gasteiger partial charge in [0.2, 0.25) is 23.6 Å². The Balaban J connectivity index is 2.95.